The summed E-state index contributed by atoms with van der Waals surface area (Å²) < 4.78 is 5.01. The summed E-state index contributed by atoms with van der Waals surface area (Å²) in [4.78, 5) is 0. The number of ether oxygens (including phenoxy) is 1. The minimum Gasteiger partial charge on any atom is -0.395 e. The summed E-state index contributed by atoms with van der Waals surface area (Å²) in [6.07, 6.45) is 0. The molecule has 0 radical (unpaired) electrons. The lowest BCUT2D eigenvalue weighted by Gasteiger charge is -2.11. The molecule has 2 heterocycles. The molecule has 0 unspecified atom stereocenters. The van der Waals surface area contributed by atoms with E-state index in [9.17, 15) is 0 Å². The molecule has 2 aliphatic rings. The number of nitrogens with two attached hydrogens (primary N) is 5. The summed E-state index contributed by atoms with van der Waals surface area (Å²) in [6, 6.07) is 0. The van der Waals surface area contributed by atoms with Gasteiger partial charge in [0, 0.05) is 58.9 Å². The Hall–Kier alpha value is -1.13. The van der Waals surface area contributed by atoms with Crippen LogP contribution in [0.4, 0.5) is 0 Å². The van der Waals surface area contributed by atoms with Crippen molar-refractivity contribution in [3.63, 3.8) is 0 Å². The van der Waals surface area contributed by atoms with Gasteiger partial charge in [-0.15, -0.1) is 0 Å². The Bertz CT molecular complexity index is 193. The number of hydrogen-bond acceptors (Lipinski definition) is 11. The largest absolute Gasteiger partial charge is 0.395 e. The van der Waals surface area contributed by atoms with Gasteiger partial charge in [0.05, 0.1) is 33.0 Å². The predicted molar refractivity (Wildman–Crippen MR) is 114 cm³/mol. The lowest BCUT2D eigenvalue weighted by atomic mass is 10.4. The van der Waals surface area contributed by atoms with E-state index in [0.29, 0.717) is 19.6 Å². The Balaban J connectivity index is -0.000000125. The van der Waals surface area contributed by atoms with Crippen molar-refractivity contribution in [2.45, 2.75) is 0 Å². The standard InChI is InChI=1S/C4H10N2.C4H9NO.3C2H7NO.CH5N3/c1-2-6-4-3-5-1;1-3-6-4-2-5-1;3*3-1-2-4;2-1(3)4/h5-6H,1-4H2;5H,1-4H2;3*4H,1-3H2;(H5,2,3,4). The molecule has 0 saturated carbocycles. The highest BCUT2D eigenvalue weighted by Crippen LogP contribution is 1.76. The second-order valence-corrected chi connectivity index (χ2v) is 4.85. The molecule has 2 aliphatic heterocycles. The van der Waals surface area contributed by atoms with Crippen molar-refractivity contribution in [2.75, 3.05) is 91.9 Å². The quantitative estimate of drug-likeness (QED) is 0.152. The van der Waals surface area contributed by atoms with Crippen molar-refractivity contribution in [3.8, 4) is 0 Å². The van der Waals surface area contributed by atoms with Crippen molar-refractivity contribution in [1.29, 1.82) is 5.41 Å². The number of rotatable bonds is 3. The first kappa shape index (κ1) is 34.4. The lowest BCUT2D eigenvalue weighted by Crippen LogP contribution is -2.39. The molecule has 13 heteroatoms. The smallest absolute Gasteiger partial charge is 0.183 e. The normalized spacial score (nSPS) is 14.4. The Kier molecular flexibility index (Phi) is 49.8. The monoisotopic (exact) mass is 415 g/mol. The van der Waals surface area contributed by atoms with E-state index in [4.69, 9.17) is 42.7 Å². The molecule has 0 bridgehead atoms. The second-order valence-electron chi connectivity index (χ2n) is 4.85. The van der Waals surface area contributed by atoms with Gasteiger partial charge in [-0.05, 0) is 0 Å². The van der Waals surface area contributed by atoms with Crippen LogP contribution in [-0.2, 0) is 4.74 Å². The maximum absolute atomic E-state index is 7.75. The summed E-state index contributed by atoms with van der Waals surface area (Å²) >= 11 is 0. The number of hydrogen-bond donors (Lipinski definition) is 12. The van der Waals surface area contributed by atoms with Crippen LogP contribution in [-0.4, -0.2) is 113 Å². The van der Waals surface area contributed by atoms with E-state index < -0.39 is 0 Å². The van der Waals surface area contributed by atoms with E-state index >= 15 is 0 Å². The molecule has 0 aromatic carbocycles. The summed E-state index contributed by atoms with van der Waals surface area (Å²) in [7, 11) is 0. The van der Waals surface area contributed by atoms with Crippen molar-refractivity contribution < 1.29 is 20.1 Å². The van der Waals surface area contributed by atoms with Crippen LogP contribution >= 0.6 is 0 Å². The topological polar surface area (TPSA) is 260 Å². The van der Waals surface area contributed by atoms with Gasteiger partial charge in [-0.25, -0.2) is 0 Å². The average molecular weight is 416 g/mol. The molecule has 0 atom stereocenters. The molecule has 0 aromatic heterocycles. The molecule has 0 spiro atoms. The van der Waals surface area contributed by atoms with Crippen LogP contribution in [0.3, 0.4) is 0 Å². The number of aliphatic hydroxyl groups excluding tert-OH is 3. The molecule has 2 saturated heterocycles. The van der Waals surface area contributed by atoms with Crippen molar-refractivity contribution >= 4 is 5.96 Å². The molecule has 174 valence electrons. The Morgan fingerprint density at radius 2 is 0.893 bits per heavy atom. The fraction of sp³-hybridized carbons (Fsp3) is 0.933. The molecular formula is C15H45N9O4. The highest BCUT2D eigenvalue weighted by atomic mass is 16.5. The van der Waals surface area contributed by atoms with Crippen LogP contribution in [0.2, 0.25) is 0 Å². The van der Waals surface area contributed by atoms with E-state index in [1.54, 1.807) is 0 Å². The predicted octanol–water partition coefficient (Wildman–Crippen LogP) is -5.56. The first-order chi connectivity index (χ1) is 13.5. The van der Waals surface area contributed by atoms with Crippen LogP contribution in [0.25, 0.3) is 0 Å². The third kappa shape index (κ3) is 73.7. The highest BCUT2D eigenvalue weighted by molar-refractivity contribution is 5.71. The number of nitrogens with one attached hydrogen (secondary N) is 4. The summed E-state index contributed by atoms with van der Waals surface area (Å²) in [5, 5.41) is 38.9. The van der Waals surface area contributed by atoms with Gasteiger partial charge in [0.15, 0.2) is 5.96 Å². The Morgan fingerprint density at radius 3 is 0.964 bits per heavy atom. The minimum atomic E-state index is -0.333. The molecule has 17 N–H and O–H groups in total. The maximum atomic E-state index is 7.75. The van der Waals surface area contributed by atoms with E-state index in [1.165, 1.54) is 0 Å². The number of piperazine rings is 1. The molecule has 0 aromatic rings. The first-order valence-electron chi connectivity index (χ1n) is 9.20. The Morgan fingerprint density at radius 1 is 0.679 bits per heavy atom. The third-order valence-electron chi connectivity index (χ3n) is 2.19. The van der Waals surface area contributed by atoms with Crippen LogP contribution < -0.4 is 44.6 Å². The molecular weight excluding hydrogens is 370 g/mol. The van der Waals surface area contributed by atoms with Gasteiger partial charge in [-0.1, -0.05) is 0 Å². The van der Waals surface area contributed by atoms with Gasteiger partial charge in [0.25, 0.3) is 0 Å². The zero-order chi connectivity index (χ0) is 22.3. The highest BCUT2D eigenvalue weighted by Gasteiger charge is 1.93. The minimum absolute atomic E-state index is 0.0972. The summed E-state index contributed by atoms with van der Waals surface area (Å²) in [5.74, 6) is -0.333. The van der Waals surface area contributed by atoms with Gasteiger partial charge >= 0.3 is 0 Å². The van der Waals surface area contributed by atoms with Gasteiger partial charge in [-0.2, -0.15) is 0 Å². The zero-order valence-corrected chi connectivity index (χ0v) is 17.0. The number of aliphatic hydroxyl groups is 3. The van der Waals surface area contributed by atoms with E-state index in [1.807, 2.05) is 0 Å². The van der Waals surface area contributed by atoms with Crippen LogP contribution in [0.5, 0.6) is 0 Å². The lowest BCUT2D eigenvalue weighted by molar-refractivity contribution is 0.109. The SMILES string of the molecule is C1CNCCN1.C1COCCN1.N=C(N)N.NCCO.NCCO.NCCO. The fourth-order valence-corrected chi connectivity index (χ4v) is 1.12. The van der Waals surface area contributed by atoms with E-state index in [0.717, 1.165) is 52.5 Å². The molecule has 2 rings (SSSR count). The van der Waals surface area contributed by atoms with E-state index in [-0.39, 0.29) is 25.8 Å². The summed E-state index contributed by atoms with van der Waals surface area (Å²) in [5.41, 5.74) is 23.3. The second kappa shape index (κ2) is 40.5. The molecule has 13 nitrogen and oxygen atoms in total. The van der Waals surface area contributed by atoms with E-state index in [2.05, 4.69) is 27.4 Å². The Labute approximate surface area is 168 Å². The third-order valence-corrected chi connectivity index (χ3v) is 2.19. The zero-order valence-electron chi connectivity index (χ0n) is 17.0. The molecule has 0 amide bonds. The van der Waals surface area contributed by atoms with Crippen LogP contribution in [0.15, 0.2) is 0 Å². The molecule has 2 fully saturated rings. The first-order valence-corrected chi connectivity index (χ1v) is 9.20. The van der Waals surface area contributed by atoms with Gasteiger partial charge in [-0.3, -0.25) is 5.41 Å². The van der Waals surface area contributed by atoms with Gasteiger partial charge in [0.2, 0.25) is 0 Å². The van der Waals surface area contributed by atoms with Gasteiger partial charge in [0.1, 0.15) is 0 Å². The van der Waals surface area contributed by atoms with Gasteiger partial charge < -0.3 is 64.7 Å². The fourth-order valence-electron chi connectivity index (χ4n) is 1.12. The van der Waals surface area contributed by atoms with Crippen molar-refractivity contribution in [1.82, 2.24) is 16.0 Å². The average Bonchev–Trinajstić information content (AvgIpc) is 2.76. The molecule has 28 heavy (non-hydrogen) atoms. The maximum Gasteiger partial charge on any atom is 0.183 e. The number of guanidine groups is 1. The number of morpholine rings is 1. The summed E-state index contributed by atoms with van der Waals surface area (Å²) in [6.45, 7) is 9.81. The van der Waals surface area contributed by atoms with Crippen LogP contribution in [0.1, 0.15) is 0 Å². The van der Waals surface area contributed by atoms with Crippen molar-refractivity contribution in [3.05, 3.63) is 0 Å². The van der Waals surface area contributed by atoms with Crippen LogP contribution in [0, 0.1) is 5.41 Å². The molecule has 0 aliphatic carbocycles. The van der Waals surface area contributed by atoms with Crippen molar-refractivity contribution in [2.24, 2.45) is 28.7 Å².